The van der Waals surface area contributed by atoms with Crippen LogP contribution in [0.4, 0.5) is 5.13 Å². The molecule has 1 aliphatic heterocycles. The molecule has 1 fully saturated rings. The molecule has 24 heavy (non-hydrogen) atoms. The van der Waals surface area contributed by atoms with Crippen LogP contribution in [0, 0.1) is 5.41 Å². The van der Waals surface area contributed by atoms with Gasteiger partial charge in [-0.15, -0.1) is 11.3 Å². The average Bonchev–Trinajstić information content (AvgIpc) is 3.04. The van der Waals surface area contributed by atoms with E-state index in [2.05, 4.69) is 22.2 Å². The van der Waals surface area contributed by atoms with Crippen LogP contribution in [0.1, 0.15) is 31.1 Å². The summed E-state index contributed by atoms with van der Waals surface area (Å²) in [6, 6.07) is 7.83. The molecule has 3 rings (SSSR count). The molecule has 0 atom stereocenters. The van der Waals surface area contributed by atoms with Gasteiger partial charge in [-0.1, -0.05) is 45.0 Å². The Bertz CT molecular complexity index is 707. The maximum Gasteiger partial charge on any atom is 0.185 e. The molecule has 0 radical (unpaired) electrons. The van der Waals surface area contributed by atoms with Gasteiger partial charge in [0.25, 0.3) is 0 Å². The molecule has 0 N–H and O–H groups in total. The van der Waals surface area contributed by atoms with Gasteiger partial charge in [0.15, 0.2) is 10.9 Å². The predicted octanol–water partition coefficient (Wildman–Crippen LogP) is 3.79. The van der Waals surface area contributed by atoms with Gasteiger partial charge in [0.2, 0.25) is 0 Å². The number of nitrogens with zero attached hydrogens (tertiary/aromatic N) is 3. The molecule has 1 aromatic carbocycles. The van der Waals surface area contributed by atoms with E-state index in [-0.39, 0.29) is 11.2 Å². The zero-order chi connectivity index (χ0) is 17.3. The van der Waals surface area contributed by atoms with Crippen molar-refractivity contribution in [3.63, 3.8) is 0 Å². The number of hydrogen-bond donors (Lipinski definition) is 0. The first-order valence-electron chi connectivity index (χ1n) is 8.39. The quantitative estimate of drug-likeness (QED) is 0.795. The number of carbonyl (C=O) groups is 1. The SMILES string of the molecule is CN1CCN(c2nc(-c3ccc(C(=O)C(C)(C)C)cc3)cs2)CC1. The maximum absolute atomic E-state index is 12.3. The van der Waals surface area contributed by atoms with E-state index in [0.29, 0.717) is 0 Å². The molecular weight excluding hydrogens is 318 g/mol. The van der Waals surface area contributed by atoms with Crippen molar-refractivity contribution >= 4 is 22.3 Å². The molecule has 128 valence electrons. The molecular formula is C19H25N3OS. The molecule has 1 aliphatic rings. The number of Topliss-reactive ketones (excluding diaryl/α,β-unsaturated/α-hetero) is 1. The van der Waals surface area contributed by atoms with Crippen molar-refractivity contribution in [3.8, 4) is 11.3 Å². The Kier molecular flexibility index (Phi) is 4.74. The molecule has 0 spiro atoms. The monoisotopic (exact) mass is 343 g/mol. The van der Waals surface area contributed by atoms with Crippen LogP contribution in [0.2, 0.25) is 0 Å². The molecule has 2 heterocycles. The summed E-state index contributed by atoms with van der Waals surface area (Å²) < 4.78 is 0. The van der Waals surface area contributed by atoms with Crippen molar-refractivity contribution in [2.24, 2.45) is 5.41 Å². The lowest BCUT2D eigenvalue weighted by Crippen LogP contribution is -2.44. The van der Waals surface area contributed by atoms with Crippen molar-refractivity contribution in [3.05, 3.63) is 35.2 Å². The summed E-state index contributed by atoms with van der Waals surface area (Å²) >= 11 is 1.70. The Morgan fingerprint density at radius 3 is 2.29 bits per heavy atom. The zero-order valence-corrected chi connectivity index (χ0v) is 15.7. The van der Waals surface area contributed by atoms with Crippen LogP contribution >= 0.6 is 11.3 Å². The van der Waals surface area contributed by atoms with Gasteiger partial charge in [0.1, 0.15) is 0 Å². The minimum Gasteiger partial charge on any atom is -0.346 e. The van der Waals surface area contributed by atoms with Gasteiger partial charge in [-0.2, -0.15) is 0 Å². The van der Waals surface area contributed by atoms with Crippen LogP contribution in [0.25, 0.3) is 11.3 Å². The van der Waals surface area contributed by atoms with Gasteiger partial charge in [0.05, 0.1) is 5.69 Å². The standard InChI is InChI=1S/C19H25N3OS/c1-19(2,3)17(23)15-7-5-14(6-8-15)16-13-24-18(20-16)22-11-9-21(4)10-12-22/h5-8,13H,9-12H2,1-4H3. The fraction of sp³-hybridized carbons (Fsp3) is 0.474. The van der Waals surface area contributed by atoms with E-state index in [4.69, 9.17) is 4.98 Å². The van der Waals surface area contributed by atoms with Crippen LogP contribution in [-0.2, 0) is 0 Å². The fourth-order valence-electron chi connectivity index (χ4n) is 2.77. The molecule has 0 amide bonds. The van der Waals surface area contributed by atoms with Crippen LogP contribution in [0.5, 0.6) is 0 Å². The molecule has 0 unspecified atom stereocenters. The third-order valence-electron chi connectivity index (χ3n) is 4.39. The zero-order valence-electron chi connectivity index (χ0n) is 14.9. The Morgan fingerprint density at radius 1 is 1.08 bits per heavy atom. The highest BCUT2D eigenvalue weighted by atomic mass is 32.1. The van der Waals surface area contributed by atoms with Gasteiger partial charge >= 0.3 is 0 Å². The molecule has 1 saturated heterocycles. The second-order valence-electron chi connectivity index (χ2n) is 7.46. The Balaban J connectivity index is 1.75. The number of piperazine rings is 1. The van der Waals surface area contributed by atoms with Crippen molar-refractivity contribution in [2.75, 3.05) is 38.1 Å². The molecule has 0 saturated carbocycles. The van der Waals surface area contributed by atoms with Crippen molar-refractivity contribution < 1.29 is 4.79 Å². The number of anilines is 1. The van der Waals surface area contributed by atoms with Gasteiger partial charge in [-0.3, -0.25) is 4.79 Å². The lowest BCUT2D eigenvalue weighted by Gasteiger charge is -2.32. The normalized spacial score (nSPS) is 16.4. The van der Waals surface area contributed by atoms with E-state index >= 15 is 0 Å². The van der Waals surface area contributed by atoms with E-state index in [1.54, 1.807) is 11.3 Å². The van der Waals surface area contributed by atoms with Crippen LogP contribution in [0.15, 0.2) is 29.6 Å². The Hall–Kier alpha value is -1.72. The molecule has 0 bridgehead atoms. The van der Waals surface area contributed by atoms with Gasteiger partial charge < -0.3 is 9.80 Å². The molecule has 5 heteroatoms. The minimum atomic E-state index is -0.350. The third kappa shape index (κ3) is 3.68. The van der Waals surface area contributed by atoms with Crippen LogP contribution in [-0.4, -0.2) is 48.9 Å². The summed E-state index contributed by atoms with van der Waals surface area (Å²) in [5.74, 6) is 0.172. The van der Waals surface area contributed by atoms with Crippen molar-refractivity contribution in [1.29, 1.82) is 0 Å². The number of hydrogen-bond acceptors (Lipinski definition) is 5. The third-order valence-corrected chi connectivity index (χ3v) is 5.29. The maximum atomic E-state index is 12.3. The number of thiazole rings is 1. The highest BCUT2D eigenvalue weighted by molar-refractivity contribution is 7.14. The number of rotatable bonds is 3. The molecule has 4 nitrogen and oxygen atoms in total. The second kappa shape index (κ2) is 6.65. The first kappa shape index (κ1) is 17.1. The summed E-state index contributed by atoms with van der Waals surface area (Å²) in [5.41, 5.74) is 2.47. The fourth-order valence-corrected chi connectivity index (χ4v) is 3.65. The Labute approximate surface area is 148 Å². The van der Waals surface area contributed by atoms with Crippen molar-refractivity contribution in [2.45, 2.75) is 20.8 Å². The Morgan fingerprint density at radius 2 is 1.71 bits per heavy atom. The number of carbonyl (C=O) groups excluding carboxylic acids is 1. The topological polar surface area (TPSA) is 36.4 Å². The number of likely N-dealkylation sites (N-methyl/N-ethyl adjacent to an activating group) is 1. The lowest BCUT2D eigenvalue weighted by molar-refractivity contribution is 0.0858. The second-order valence-corrected chi connectivity index (χ2v) is 8.30. The van der Waals surface area contributed by atoms with Gasteiger partial charge in [0, 0.05) is 48.1 Å². The first-order valence-corrected chi connectivity index (χ1v) is 9.27. The molecule has 0 aliphatic carbocycles. The summed E-state index contributed by atoms with van der Waals surface area (Å²) in [5, 5.41) is 3.20. The van der Waals surface area contributed by atoms with Crippen LogP contribution < -0.4 is 4.90 Å². The summed E-state index contributed by atoms with van der Waals surface area (Å²) in [6.45, 7) is 10.1. The van der Waals surface area contributed by atoms with Gasteiger partial charge in [-0.05, 0) is 7.05 Å². The highest BCUT2D eigenvalue weighted by Crippen LogP contribution is 2.29. The number of benzene rings is 1. The largest absolute Gasteiger partial charge is 0.346 e. The molecule has 2 aromatic rings. The molecule has 1 aromatic heterocycles. The number of aromatic nitrogens is 1. The van der Waals surface area contributed by atoms with E-state index < -0.39 is 0 Å². The minimum absolute atomic E-state index is 0.172. The lowest BCUT2D eigenvalue weighted by atomic mass is 9.86. The van der Waals surface area contributed by atoms with E-state index in [1.165, 1.54) is 0 Å². The summed E-state index contributed by atoms with van der Waals surface area (Å²) in [7, 11) is 2.16. The van der Waals surface area contributed by atoms with E-state index in [9.17, 15) is 4.79 Å². The average molecular weight is 343 g/mol. The van der Waals surface area contributed by atoms with Gasteiger partial charge in [-0.25, -0.2) is 4.98 Å². The van der Waals surface area contributed by atoms with E-state index in [1.807, 2.05) is 45.0 Å². The van der Waals surface area contributed by atoms with Crippen LogP contribution in [0.3, 0.4) is 0 Å². The van der Waals surface area contributed by atoms with Crippen molar-refractivity contribution in [1.82, 2.24) is 9.88 Å². The summed E-state index contributed by atoms with van der Waals surface area (Å²) in [6.07, 6.45) is 0. The summed E-state index contributed by atoms with van der Waals surface area (Å²) in [4.78, 5) is 21.8. The van der Waals surface area contributed by atoms with E-state index in [0.717, 1.165) is 48.1 Å². The smallest absolute Gasteiger partial charge is 0.185 e. The first-order chi connectivity index (χ1) is 11.3. The predicted molar refractivity (Wildman–Crippen MR) is 101 cm³/mol. The highest BCUT2D eigenvalue weighted by Gasteiger charge is 2.23. The number of ketones is 1.